The van der Waals surface area contributed by atoms with Gasteiger partial charge in [-0.1, -0.05) is 97.8 Å². The van der Waals surface area contributed by atoms with Crippen molar-refractivity contribution in [1.29, 1.82) is 0 Å². The Bertz CT molecular complexity index is 472. The summed E-state index contributed by atoms with van der Waals surface area (Å²) in [4.78, 5) is 0. The largest absolute Gasteiger partial charge is 0.0651 e. The van der Waals surface area contributed by atoms with Crippen molar-refractivity contribution in [2.24, 2.45) is 53.3 Å². The smallest absolute Gasteiger partial charge is 0.0355 e. The third-order valence-electron chi connectivity index (χ3n) is 10.9. The normalized spacial score (nSPS) is 42.3. The van der Waals surface area contributed by atoms with Gasteiger partial charge in [0.05, 0.1) is 0 Å². The van der Waals surface area contributed by atoms with E-state index in [1.54, 1.807) is 83.5 Å². The number of hydrogen-bond acceptors (Lipinski definition) is 0. The minimum Gasteiger partial charge on any atom is -0.0651 e. The first-order valence-corrected chi connectivity index (χ1v) is 14.6. The van der Waals surface area contributed by atoms with Crippen LogP contribution in [0.1, 0.15) is 136 Å². The van der Waals surface area contributed by atoms with E-state index in [-0.39, 0.29) is 0 Å². The van der Waals surface area contributed by atoms with Crippen molar-refractivity contribution in [3.05, 3.63) is 0 Å². The van der Waals surface area contributed by atoms with Crippen molar-refractivity contribution in [3.63, 3.8) is 0 Å². The molecule has 0 nitrogen and oxygen atoms in total. The maximum Gasteiger partial charge on any atom is -0.0355 e. The summed E-state index contributed by atoms with van der Waals surface area (Å²) in [6.45, 7) is 7.66. The van der Waals surface area contributed by atoms with Gasteiger partial charge in [0.1, 0.15) is 0 Å². The van der Waals surface area contributed by atoms with E-state index in [2.05, 4.69) is 20.8 Å². The fourth-order valence-electron chi connectivity index (χ4n) is 8.78. The topological polar surface area (TPSA) is 0 Å². The molecule has 0 aromatic rings. The third kappa shape index (κ3) is 6.07. The lowest BCUT2D eigenvalue weighted by atomic mass is 9.61. The molecule has 0 heterocycles. The van der Waals surface area contributed by atoms with Crippen LogP contribution in [-0.2, 0) is 0 Å². The van der Waals surface area contributed by atoms with Crippen molar-refractivity contribution in [1.82, 2.24) is 0 Å². The molecule has 0 spiro atoms. The molecule has 0 aromatic heterocycles. The Morgan fingerprint density at radius 2 is 1.17 bits per heavy atom. The molecule has 4 rings (SSSR count). The van der Waals surface area contributed by atoms with Crippen LogP contribution in [0.15, 0.2) is 0 Å². The van der Waals surface area contributed by atoms with Gasteiger partial charge in [-0.2, -0.15) is 0 Å². The summed E-state index contributed by atoms with van der Waals surface area (Å²) < 4.78 is 0. The van der Waals surface area contributed by atoms with Gasteiger partial charge in [0, 0.05) is 0 Å². The van der Waals surface area contributed by atoms with Crippen LogP contribution in [0.5, 0.6) is 0 Å². The Morgan fingerprint density at radius 1 is 0.633 bits per heavy atom. The minimum absolute atomic E-state index is 0.997. The van der Waals surface area contributed by atoms with Gasteiger partial charge in [0.25, 0.3) is 0 Å². The van der Waals surface area contributed by atoms with Gasteiger partial charge < -0.3 is 0 Å². The van der Waals surface area contributed by atoms with E-state index < -0.39 is 0 Å². The van der Waals surface area contributed by atoms with E-state index in [1.165, 1.54) is 32.1 Å². The quantitative estimate of drug-likeness (QED) is 0.389. The highest BCUT2D eigenvalue weighted by Crippen LogP contribution is 2.48. The molecule has 0 heteroatoms. The molecule has 4 unspecified atom stereocenters. The minimum atomic E-state index is 0.997. The Kier molecular flexibility index (Phi) is 8.67. The zero-order valence-corrected chi connectivity index (χ0v) is 20.9. The highest BCUT2D eigenvalue weighted by molar-refractivity contribution is 4.88. The van der Waals surface area contributed by atoms with Gasteiger partial charge in [0.2, 0.25) is 0 Å². The summed E-state index contributed by atoms with van der Waals surface area (Å²) in [5.41, 5.74) is 0. The lowest BCUT2D eigenvalue weighted by Gasteiger charge is -2.44. The van der Waals surface area contributed by atoms with Gasteiger partial charge in [0.15, 0.2) is 0 Å². The van der Waals surface area contributed by atoms with Crippen molar-refractivity contribution in [3.8, 4) is 0 Å². The monoisotopic (exact) mass is 414 g/mol. The zero-order chi connectivity index (χ0) is 20.9. The van der Waals surface area contributed by atoms with Gasteiger partial charge >= 0.3 is 0 Å². The van der Waals surface area contributed by atoms with E-state index in [0.29, 0.717) is 0 Å². The third-order valence-corrected chi connectivity index (χ3v) is 10.9. The average Bonchev–Trinajstić information content (AvgIpc) is 3.28. The lowest BCUT2D eigenvalue weighted by molar-refractivity contribution is 0.0587. The second-order valence-electron chi connectivity index (χ2n) is 12.9. The molecule has 0 N–H and O–H groups in total. The molecule has 4 atom stereocenters. The molecule has 174 valence electrons. The Hall–Kier alpha value is 0. The first-order valence-electron chi connectivity index (χ1n) is 14.6. The number of rotatable bonds is 7. The van der Waals surface area contributed by atoms with Crippen molar-refractivity contribution >= 4 is 0 Å². The summed E-state index contributed by atoms with van der Waals surface area (Å²) >= 11 is 0. The van der Waals surface area contributed by atoms with Crippen LogP contribution in [-0.4, -0.2) is 0 Å². The van der Waals surface area contributed by atoms with E-state index >= 15 is 0 Å². The second-order valence-corrected chi connectivity index (χ2v) is 12.9. The van der Waals surface area contributed by atoms with Crippen LogP contribution in [0.25, 0.3) is 0 Å². The summed E-state index contributed by atoms with van der Waals surface area (Å²) in [7, 11) is 0. The standard InChI is InChI=1S/C30H54/c1-4-28-16-15-27(20-25-11-9-22(2)10-12-25)21-30(28)23(3)29-17-13-26(14-18-29)19-24-7-5-6-8-24/h22-30H,4-21H2,1-3H3. The predicted octanol–water partition coefficient (Wildman–Crippen LogP) is 9.67. The summed E-state index contributed by atoms with van der Waals surface area (Å²) in [6.07, 6.45) is 27.9. The molecule has 0 aliphatic heterocycles. The Morgan fingerprint density at radius 3 is 1.80 bits per heavy atom. The molecular formula is C30H54. The highest BCUT2D eigenvalue weighted by atomic mass is 14.4. The fraction of sp³-hybridized carbons (Fsp3) is 1.00. The van der Waals surface area contributed by atoms with E-state index in [1.807, 2.05) is 0 Å². The lowest BCUT2D eigenvalue weighted by Crippen LogP contribution is -2.35. The molecule has 0 bridgehead atoms. The maximum absolute atomic E-state index is 2.69. The Balaban J connectivity index is 1.26. The molecular weight excluding hydrogens is 360 g/mol. The molecule has 0 radical (unpaired) electrons. The van der Waals surface area contributed by atoms with E-state index in [0.717, 1.165) is 53.3 Å². The molecule has 0 amide bonds. The van der Waals surface area contributed by atoms with Crippen LogP contribution in [0.2, 0.25) is 0 Å². The summed E-state index contributed by atoms with van der Waals surface area (Å²) in [5.74, 6) is 9.49. The van der Waals surface area contributed by atoms with Crippen molar-refractivity contribution in [2.45, 2.75) is 136 Å². The summed E-state index contributed by atoms with van der Waals surface area (Å²) in [6, 6.07) is 0. The van der Waals surface area contributed by atoms with Gasteiger partial charge in [-0.3, -0.25) is 0 Å². The van der Waals surface area contributed by atoms with Crippen LogP contribution >= 0.6 is 0 Å². The zero-order valence-electron chi connectivity index (χ0n) is 20.9. The molecule has 4 saturated carbocycles. The predicted molar refractivity (Wildman–Crippen MR) is 132 cm³/mol. The van der Waals surface area contributed by atoms with Crippen LogP contribution in [0.4, 0.5) is 0 Å². The molecule has 4 aliphatic carbocycles. The first kappa shape index (κ1) is 23.2. The molecule has 30 heavy (non-hydrogen) atoms. The van der Waals surface area contributed by atoms with Crippen LogP contribution in [0.3, 0.4) is 0 Å². The molecule has 0 saturated heterocycles. The summed E-state index contributed by atoms with van der Waals surface area (Å²) in [5, 5.41) is 0. The highest BCUT2D eigenvalue weighted by Gasteiger charge is 2.38. The average molecular weight is 415 g/mol. The van der Waals surface area contributed by atoms with Gasteiger partial charge in [-0.05, 0) is 91.8 Å². The molecule has 4 fully saturated rings. The molecule has 0 aromatic carbocycles. The van der Waals surface area contributed by atoms with E-state index in [4.69, 9.17) is 0 Å². The van der Waals surface area contributed by atoms with Crippen molar-refractivity contribution < 1.29 is 0 Å². The van der Waals surface area contributed by atoms with Gasteiger partial charge in [-0.25, -0.2) is 0 Å². The maximum atomic E-state index is 2.69. The SMILES string of the molecule is CCC1CCC(CC2CCC(C)CC2)CC1C(C)C1CCC(CC2CCCC2)CC1. The van der Waals surface area contributed by atoms with Crippen LogP contribution < -0.4 is 0 Å². The van der Waals surface area contributed by atoms with Crippen molar-refractivity contribution in [2.75, 3.05) is 0 Å². The Labute approximate surface area is 189 Å². The van der Waals surface area contributed by atoms with E-state index in [9.17, 15) is 0 Å². The molecule has 4 aliphatic rings. The van der Waals surface area contributed by atoms with Gasteiger partial charge in [-0.15, -0.1) is 0 Å². The van der Waals surface area contributed by atoms with Crippen LogP contribution in [0, 0.1) is 53.3 Å². The number of hydrogen-bond donors (Lipinski definition) is 0. The fourth-order valence-corrected chi connectivity index (χ4v) is 8.78. The first-order chi connectivity index (χ1) is 14.6. The second kappa shape index (κ2) is 11.2.